The lowest BCUT2D eigenvalue weighted by atomic mass is 10.0. The number of nitrogens with zero attached hydrogens (tertiary/aromatic N) is 1. The van der Waals surface area contributed by atoms with E-state index in [9.17, 15) is 9.59 Å². The van der Waals surface area contributed by atoms with Crippen LogP contribution in [-0.2, 0) is 25.5 Å². The Bertz CT molecular complexity index is 1030. The number of rotatable bonds is 7. The number of amides is 1. The van der Waals surface area contributed by atoms with Crippen molar-refractivity contribution in [2.24, 2.45) is 5.73 Å². The molecular formula is C22H22ClN3O4. The molecule has 0 radical (unpaired) electrons. The molecule has 0 aliphatic carbocycles. The lowest BCUT2D eigenvalue weighted by Crippen LogP contribution is -2.26. The molecule has 3 rings (SSSR count). The first kappa shape index (κ1) is 21.4. The van der Waals surface area contributed by atoms with Crippen LogP contribution < -0.4 is 10.6 Å². The minimum absolute atomic E-state index is 0.0373. The molecule has 0 spiro atoms. The van der Waals surface area contributed by atoms with Crippen molar-refractivity contribution in [3.63, 3.8) is 0 Å². The number of carbonyl (C=O) groups is 2. The zero-order valence-electron chi connectivity index (χ0n) is 16.7. The number of hydrogen-bond donors (Lipinski definition) is 2. The van der Waals surface area contributed by atoms with E-state index in [1.54, 1.807) is 41.3 Å². The second kappa shape index (κ2) is 9.00. The van der Waals surface area contributed by atoms with Gasteiger partial charge in [0.15, 0.2) is 0 Å². The summed E-state index contributed by atoms with van der Waals surface area (Å²) >= 11 is 6.48. The van der Waals surface area contributed by atoms with E-state index >= 15 is 0 Å². The minimum Gasteiger partial charge on any atom is -0.498 e. The largest absolute Gasteiger partial charge is 0.498 e. The number of nitrogen functional groups attached to an aromatic ring is 1. The van der Waals surface area contributed by atoms with E-state index in [-0.39, 0.29) is 30.7 Å². The Morgan fingerprint density at radius 3 is 2.47 bits per heavy atom. The molecule has 156 valence electrons. The van der Waals surface area contributed by atoms with Gasteiger partial charge in [-0.05, 0) is 42.3 Å². The van der Waals surface area contributed by atoms with Crippen LogP contribution in [-0.4, -0.2) is 38.5 Å². The quantitative estimate of drug-likeness (QED) is 0.401. The molecular weight excluding hydrogens is 406 g/mol. The van der Waals surface area contributed by atoms with Crippen molar-refractivity contribution < 1.29 is 19.1 Å². The average molecular weight is 428 g/mol. The predicted octanol–water partition coefficient (Wildman–Crippen LogP) is 3.13. The van der Waals surface area contributed by atoms with E-state index in [0.29, 0.717) is 39.6 Å². The molecule has 7 nitrogen and oxygen atoms in total. The van der Waals surface area contributed by atoms with E-state index in [0.717, 1.165) is 5.56 Å². The first-order valence-corrected chi connectivity index (χ1v) is 9.62. The number of nitrogens with two attached hydrogens (primary N) is 1. The van der Waals surface area contributed by atoms with E-state index in [1.807, 2.05) is 6.07 Å². The zero-order valence-corrected chi connectivity index (χ0v) is 17.5. The molecule has 3 N–H and O–H groups in total. The van der Waals surface area contributed by atoms with Gasteiger partial charge in [0.25, 0.3) is 5.91 Å². The van der Waals surface area contributed by atoms with Gasteiger partial charge < -0.3 is 20.1 Å². The van der Waals surface area contributed by atoms with Crippen molar-refractivity contribution >= 4 is 40.6 Å². The molecule has 8 heteroatoms. The van der Waals surface area contributed by atoms with Crippen LogP contribution in [0.4, 0.5) is 5.69 Å². The highest BCUT2D eigenvalue weighted by Crippen LogP contribution is 2.36. The molecule has 1 aliphatic rings. The van der Waals surface area contributed by atoms with Crippen LogP contribution in [0.2, 0.25) is 5.02 Å². The normalized spacial score (nSPS) is 13.6. The van der Waals surface area contributed by atoms with Crippen molar-refractivity contribution in [1.82, 2.24) is 0 Å². The van der Waals surface area contributed by atoms with E-state index < -0.39 is 0 Å². The smallest absolute Gasteiger partial charge is 0.305 e. The number of ether oxygens (including phenoxy) is 2. The van der Waals surface area contributed by atoms with Crippen molar-refractivity contribution in [3.05, 3.63) is 69.9 Å². The fourth-order valence-corrected chi connectivity index (χ4v) is 3.57. The standard InChI is InChI=1S/C22H22ClN3O4/c1-29-18-12-26(15-7-5-14(6-8-15)21(24)25)22(28)20(18)16-9-3-13(11-17(16)23)4-10-19(27)30-2/h3,5-9,11H,4,10,12H2,1-2H3,(H3,24,25). The maximum Gasteiger partial charge on any atom is 0.305 e. The predicted molar refractivity (Wildman–Crippen MR) is 116 cm³/mol. The zero-order chi connectivity index (χ0) is 21.8. The van der Waals surface area contributed by atoms with E-state index in [4.69, 9.17) is 27.5 Å². The molecule has 0 fully saturated rings. The molecule has 0 saturated carbocycles. The molecule has 30 heavy (non-hydrogen) atoms. The number of nitrogens with one attached hydrogen (secondary N) is 1. The van der Waals surface area contributed by atoms with Crippen LogP contribution >= 0.6 is 11.6 Å². The highest BCUT2D eigenvalue weighted by Gasteiger charge is 2.34. The maximum atomic E-state index is 13.2. The summed E-state index contributed by atoms with van der Waals surface area (Å²) in [5, 5.41) is 7.90. The number of amidine groups is 1. The van der Waals surface area contributed by atoms with Crippen LogP contribution in [0.15, 0.2) is 48.2 Å². The highest BCUT2D eigenvalue weighted by molar-refractivity contribution is 6.37. The molecule has 0 bridgehead atoms. The summed E-state index contributed by atoms with van der Waals surface area (Å²) in [7, 11) is 2.87. The molecule has 1 amide bonds. The third kappa shape index (κ3) is 4.31. The number of esters is 1. The Labute approximate surface area is 179 Å². The Morgan fingerprint density at radius 1 is 1.20 bits per heavy atom. The Balaban J connectivity index is 1.86. The van der Waals surface area contributed by atoms with Gasteiger partial charge in [0.05, 0.1) is 26.3 Å². The SMILES string of the molecule is COC(=O)CCc1ccc(C2=C(OC)CN(c3ccc(C(=N)N)cc3)C2=O)c(Cl)c1. The fourth-order valence-electron chi connectivity index (χ4n) is 3.28. The van der Waals surface area contributed by atoms with Gasteiger partial charge in [0, 0.05) is 28.3 Å². The number of methoxy groups -OCH3 is 2. The molecule has 2 aromatic rings. The summed E-state index contributed by atoms with van der Waals surface area (Å²) in [6, 6.07) is 12.2. The number of hydrogen-bond acceptors (Lipinski definition) is 5. The van der Waals surface area contributed by atoms with Crippen LogP contribution in [0.3, 0.4) is 0 Å². The van der Waals surface area contributed by atoms with Crippen LogP contribution in [0.5, 0.6) is 0 Å². The van der Waals surface area contributed by atoms with E-state index in [1.165, 1.54) is 14.2 Å². The summed E-state index contributed by atoms with van der Waals surface area (Å²) in [6.45, 7) is 0.268. The lowest BCUT2D eigenvalue weighted by molar-refractivity contribution is -0.140. The van der Waals surface area contributed by atoms with Crippen LogP contribution in [0.1, 0.15) is 23.1 Å². The molecule has 1 aliphatic heterocycles. The van der Waals surface area contributed by atoms with Crippen molar-refractivity contribution in [2.45, 2.75) is 12.8 Å². The van der Waals surface area contributed by atoms with Gasteiger partial charge in [0.1, 0.15) is 11.6 Å². The topological polar surface area (TPSA) is 106 Å². The van der Waals surface area contributed by atoms with Crippen LogP contribution in [0, 0.1) is 5.41 Å². The number of halogens is 1. The summed E-state index contributed by atoms with van der Waals surface area (Å²) < 4.78 is 10.1. The number of anilines is 1. The van der Waals surface area contributed by atoms with Gasteiger partial charge in [-0.2, -0.15) is 0 Å². The third-order valence-electron chi connectivity index (χ3n) is 4.92. The monoisotopic (exact) mass is 427 g/mol. The van der Waals surface area contributed by atoms with Gasteiger partial charge in [0.2, 0.25) is 0 Å². The summed E-state index contributed by atoms with van der Waals surface area (Å²) in [5.74, 6) is -0.0479. The maximum absolute atomic E-state index is 13.2. The number of aryl methyl sites for hydroxylation is 1. The Morgan fingerprint density at radius 2 is 1.90 bits per heavy atom. The van der Waals surface area contributed by atoms with Gasteiger partial charge in [-0.15, -0.1) is 0 Å². The summed E-state index contributed by atoms with van der Waals surface area (Å²) in [5.41, 5.74) is 8.59. The highest BCUT2D eigenvalue weighted by atomic mass is 35.5. The van der Waals surface area contributed by atoms with Crippen LogP contribution in [0.25, 0.3) is 5.57 Å². The second-order valence-corrected chi connectivity index (χ2v) is 7.15. The Hall–Kier alpha value is -3.32. The number of benzene rings is 2. The van der Waals surface area contributed by atoms with Gasteiger partial charge >= 0.3 is 5.97 Å². The third-order valence-corrected chi connectivity index (χ3v) is 5.24. The number of carbonyl (C=O) groups excluding carboxylic acids is 2. The first-order valence-electron chi connectivity index (χ1n) is 9.24. The second-order valence-electron chi connectivity index (χ2n) is 6.74. The summed E-state index contributed by atoms with van der Waals surface area (Å²) in [4.78, 5) is 26.1. The van der Waals surface area contributed by atoms with Crippen molar-refractivity contribution in [2.75, 3.05) is 25.7 Å². The van der Waals surface area contributed by atoms with Gasteiger partial charge in [-0.25, -0.2) is 0 Å². The summed E-state index contributed by atoms with van der Waals surface area (Å²) in [6.07, 6.45) is 0.743. The first-order chi connectivity index (χ1) is 14.3. The molecule has 0 aromatic heterocycles. The molecule has 0 unspecified atom stereocenters. The van der Waals surface area contributed by atoms with Gasteiger partial charge in [-0.1, -0.05) is 23.7 Å². The molecule has 2 aromatic carbocycles. The molecule has 0 atom stereocenters. The minimum atomic E-state index is -0.294. The molecule has 0 saturated heterocycles. The lowest BCUT2D eigenvalue weighted by Gasteiger charge is -2.17. The van der Waals surface area contributed by atoms with E-state index in [2.05, 4.69) is 4.74 Å². The van der Waals surface area contributed by atoms with Crippen molar-refractivity contribution in [3.8, 4) is 0 Å². The van der Waals surface area contributed by atoms with Crippen molar-refractivity contribution in [1.29, 1.82) is 5.41 Å². The molecule has 1 heterocycles. The van der Waals surface area contributed by atoms with Gasteiger partial charge in [-0.3, -0.25) is 15.0 Å². The fraction of sp³-hybridized carbons (Fsp3) is 0.227. The average Bonchev–Trinajstić information content (AvgIpc) is 3.08. The Kier molecular flexibility index (Phi) is 6.42.